The lowest BCUT2D eigenvalue weighted by Gasteiger charge is -2.12. The van der Waals surface area contributed by atoms with Gasteiger partial charge in [-0.2, -0.15) is 0 Å². The third-order valence-electron chi connectivity index (χ3n) is 5.21. The first-order valence-electron chi connectivity index (χ1n) is 12.0. The monoisotopic (exact) mass is 452 g/mol. The van der Waals surface area contributed by atoms with Crippen LogP contribution in [0.2, 0.25) is 0 Å². The standard InChI is InChI=1S/C27H36N2O4/c1-4-6-7-8-9-10-11-12-26(31)33-24-19-28-27(29-20-24)23-17-15-22(16-18-23)14-13-21(3)32-25(30)5-2/h10-11,15-21H,4-9,12-14H2,1-3H3/b11-10-. The molecule has 1 atom stereocenters. The van der Waals surface area contributed by atoms with Gasteiger partial charge in [0, 0.05) is 12.0 Å². The zero-order valence-electron chi connectivity index (χ0n) is 20.1. The van der Waals surface area contributed by atoms with Crippen LogP contribution in [0, 0.1) is 0 Å². The highest BCUT2D eigenvalue weighted by Crippen LogP contribution is 2.19. The highest BCUT2D eigenvalue weighted by molar-refractivity contribution is 5.73. The van der Waals surface area contributed by atoms with Gasteiger partial charge in [-0.3, -0.25) is 9.59 Å². The molecule has 1 heterocycles. The van der Waals surface area contributed by atoms with Gasteiger partial charge in [0.25, 0.3) is 0 Å². The molecule has 178 valence electrons. The van der Waals surface area contributed by atoms with E-state index < -0.39 is 0 Å². The zero-order chi connectivity index (χ0) is 23.9. The van der Waals surface area contributed by atoms with E-state index in [1.807, 2.05) is 43.3 Å². The molecule has 6 nitrogen and oxygen atoms in total. The van der Waals surface area contributed by atoms with Crippen LogP contribution < -0.4 is 4.74 Å². The molecular weight excluding hydrogens is 416 g/mol. The molecule has 0 aliphatic carbocycles. The van der Waals surface area contributed by atoms with Crippen molar-refractivity contribution < 1.29 is 19.1 Å². The Morgan fingerprint density at radius 2 is 1.70 bits per heavy atom. The average molecular weight is 453 g/mol. The maximum Gasteiger partial charge on any atom is 0.315 e. The van der Waals surface area contributed by atoms with Crippen molar-refractivity contribution in [1.29, 1.82) is 0 Å². The fraction of sp³-hybridized carbons (Fsp3) is 0.481. The molecule has 2 aromatic rings. The molecular formula is C27H36N2O4. The van der Waals surface area contributed by atoms with Gasteiger partial charge in [-0.15, -0.1) is 0 Å². The summed E-state index contributed by atoms with van der Waals surface area (Å²) >= 11 is 0. The Labute approximate surface area is 197 Å². The summed E-state index contributed by atoms with van der Waals surface area (Å²) in [6.07, 6.45) is 14.9. The van der Waals surface area contributed by atoms with Crippen LogP contribution in [0.1, 0.15) is 77.7 Å². The van der Waals surface area contributed by atoms with Crippen LogP contribution in [0.4, 0.5) is 0 Å². The lowest BCUT2D eigenvalue weighted by molar-refractivity contribution is -0.148. The van der Waals surface area contributed by atoms with Crippen LogP contribution in [0.3, 0.4) is 0 Å². The summed E-state index contributed by atoms with van der Waals surface area (Å²) in [6, 6.07) is 7.97. The topological polar surface area (TPSA) is 78.4 Å². The number of rotatable bonds is 14. The number of aryl methyl sites for hydroxylation is 1. The van der Waals surface area contributed by atoms with Gasteiger partial charge in [-0.05, 0) is 38.2 Å². The van der Waals surface area contributed by atoms with Crippen LogP contribution in [0.5, 0.6) is 5.75 Å². The maximum atomic E-state index is 12.0. The van der Waals surface area contributed by atoms with Crippen LogP contribution in [0.15, 0.2) is 48.8 Å². The molecule has 1 aromatic heterocycles. The molecule has 2 rings (SSSR count). The third-order valence-corrected chi connectivity index (χ3v) is 5.21. The van der Waals surface area contributed by atoms with E-state index in [1.54, 1.807) is 6.92 Å². The van der Waals surface area contributed by atoms with E-state index in [-0.39, 0.29) is 24.5 Å². The molecule has 0 radical (unpaired) electrons. The van der Waals surface area contributed by atoms with Gasteiger partial charge < -0.3 is 9.47 Å². The number of hydrogen-bond acceptors (Lipinski definition) is 6. The molecule has 0 saturated heterocycles. The summed E-state index contributed by atoms with van der Waals surface area (Å²) in [5, 5.41) is 0. The van der Waals surface area contributed by atoms with Crippen molar-refractivity contribution in [3.05, 3.63) is 54.4 Å². The van der Waals surface area contributed by atoms with Gasteiger partial charge in [0.1, 0.15) is 0 Å². The Morgan fingerprint density at radius 1 is 0.970 bits per heavy atom. The van der Waals surface area contributed by atoms with Crippen LogP contribution in [0.25, 0.3) is 11.4 Å². The average Bonchev–Trinajstić information content (AvgIpc) is 2.83. The highest BCUT2D eigenvalue weighted by Gasteiger charge is 2.09. The SMILES string of the molecule is CCCCCC/C=C\CC(=O)Oc1cnc(-c2ccc(CCC(C)OC(=O)CC)cc2)nc1. The molecule has 33 heavy (non-hydrogen) atoms. The van der Waals surface area contributed by atoms with Gasteiger partial charge in [0.15, 0.2) is 11.6 Å². The Kier molecular flexibility index (Phi) is 11.9. The molecule has 0 N–H and O–H groups in total. The maximum absolute atomic E-state index is 12.0. The minimum Gasteiger partial charge on any atom is -0.463 e. The van der Waals surface area contributed by atoms with Crippen molar-refractivity contribution in [2.24, 2.45) is 0 Å². The summed E-state index contributed by atoms with van der Waals surface area (Å²) in [7, 11) is 0. The third kappa shape index (κ3) is 10.4. The molecule has 0 fully saturated rings. The van der Waals surface area contributed by atoms with E-state index in [4.69, 9.17) is 9.47 Å². The van der Waals surface area contributed by atoms with Crippen molar-refractivity contribution in [2.75, 3.05) is 0 Å². The van der Waals surface area contributed by atoms with Gasteiger partial charge in [0.2, 0.25) is 0 Å². The molecule has 0 bridgehead atoms. The summed E-state index contributed by atoms with van der Waals surface area (Å²) in [6.45, 7) is 5.90. The number of ether oxygens (including phenoxy) is 2. The van der Waals surface area contributed by atoms with Crippen molar-refractivity contribution in [1.82, 2.24) is 9.97 Å². The van der Waals surface area contributed by atoms with Crippen LogP contribution in [-0.2, 0) is 20.7 Å². The first-order valence-corrected chi connectivity index (χ1v) is 12.0. The number of nitrogens with zero attached hydrogens (tertiary/aromatic N) is 2. The zero-order valence-corrected chi connectivity index (χ0v) is 20.1. The van der Waals surface area contributed by atoms with E-state index >= 15 is 0 Å². The molecule has 1 unspecified atom stereocenters. The Balaban J connectivity index is 1.78. The molecule has 0 aliphatic rings. The molecule has 1 aromatic carbocycles. The Morgan fingerprint density at radius 3 is 2.36 bits per heavy atom. The van der Waals surface area contributed by atoms with Gasteiger partial charge in [0.05, 0.1) is 24.9 Å². The summed E-state index contributed by atoms with van der Waals surface area (Å²) in [5.74, 6) is 0.420. The van der Waals surface area contributed by atoms with E-state index in [2.05, 4.69) is 16.9 Å². The fourth-order valence-electron chi connectivity index (χ4n) is 3.23. The summed E-state index contributed by atoms with van der Waals surface area (Å²) in [5.41, 5.74) is 2.04. The number of unbranched alkanes of at least 4 members (excludes halogenated alkanes) is 4. The van der Waals surface area contributed by atoms with Gasteiger partial charge >= 0.3 is 11.9 Å². The van der Waals surface area contributed by atoms with Gasteiger partial charge in [-0.25, -0.2) is 9.97 Å². The van der Waals surface area contributed by atoms with E-state index in [1.165, 1.54) is 31.7 Å². The van der Waals surface area contributed by atoms with Crippen LogP contribution in [-0.4, -0.2) is 28.0 Å². The van der Waals surface area contributed by atoms with Crippen molar-refractivity contribution in [3.8, 4) is 17.1 Å². The number of esters is 2. The second kappa shape index (κ2) is 14.9. The largest absolute Gasteiger partial charge is 0.463 e. The van der Waals surface area contributed by atoms with E-state index in [0.29, 0.717) is 18.0 Å². The number of carbonyl (C=O) groups excluding carboxylic acids is 2. The summed E-state index contributed by atoms with van der Waals surface area (Å²) in [4.78, 5) is 32.0. The lowest BCUT2D eigenvalue weighted by Crippen LogP contribution is -2.14. The van der Waals surface area contributed by atoms with Crippen molar-refractivity contribution >= 4 is 11.9 Å². The quantitative estimate of drug-likeness (QED) is 0.192. The molecule has 0 spiro atoms. The molecule has 6 heteroatoms. The predicted octanol–water partition coefficient (Wildman–Crippen LogP) is 6.24. The molecule has 0 aliphatic heterocycles. The van der Waals surface area contributed by atoms with Crippen molar-refractivity contribution in [3.63, 3.8) is 0 Å². The number of benzene rings is 1. The fourth-order valence-corrected chi connectivity index (χ4v) is 3.23. The second-order valence-electron chi connectivity index (χ2n) is 8.13. The van der Waals surface area contributed by atoms with Crippen molar-refractivity contribution in [2.45, 2.75) is 84.7 Å². The first-order chi connectivity index (χ1) is 16.0. The predicted molar refractivity (Wildman–Crippen MR) is 130 cm³/mol. The molecule has 0 amide bonds. The smallest absolute Gasteiger partial charge is 0.315 e. The van der Waals surface area contributed by atoms with Crippen LogP contribution >= 0.6 is 0 Å². The number of carbonyl (C=O) groups is 2. The van der Waals surface area contributed by atoms with E-state index in [9.17, 15) is 9.59 Å². The molecule has 0 saturated carbocycles. The highest BCUT2D eigenvalue weighted by atomic mass is 16.5. The minimum atomic E-state index is -0.320. The lowest BCUT2D eigenvalue weighted by atomic mass is 10.1. The van der Waals surface area contributed by atoms with E-state index in [0.717, 1.165) is 36.8 Å². The number of aromatic nitrogens is 2. The number of hydrogen-bond donors (Lipinski definition) is 0. The summed E-state index contributed by atoms with van der Waals surface area (Å²) < 4.78 is 10.6. The Hall–Kier alpha value is -3.02. The Bertz CT molecular complexity index is 876. The minimum absolute atomic E-state index is 0.1000. The normalized spacial score (nSPS) is 12.0. The second-order valence-corrected chi connectivity index (χ2v) is 8.13. The van der Waals surface area contributed by atoms with Gasteiger partial charge in [-0.1, -0.05) is 69.5 Å². The number of allylic oxidation sites excluding steroid dienone is 1. The first kappa shape index (κ1) is 26.2.